The van der Waals surface area contributed by atoms with Gasteiger partial charge in [0.25, 0.3) is 5.91 Å². The molecular formula is C21H14BrN3O2. The van der Waals surface area contributed by atoms with E-state index in [0.717, 1.165) is 26.6 Å². The summed E-state index contributed by atoms with van der Waals surface area (Å²) in [6.07, 6.45) is 4.61. The highest BCUT2D eigenvalue weighted by molar-refractivity contribution is 9.10. The number of pyridine rings is 1. The van der Waals surface area contributed by atoms with Gasteiger partial charge in [0.1, 0.15) is 5.58 Å². The van der Waals surface area contributed by atoms with E-state index in [1.54, 1.807) is 18.3 Å². The Morgan fingerprint density at radius 3 is 2.74 bits per heavy atom. The summed E-state index contributed by atoms with van der Waals surface area (Å²) in [7, 11) is 0. The summed E-state index contributed by atoms with van der Waals surface area (Å²) in [6, 6.07) is 19.1. The van der Waals surface area contributed by atoms with Gasteiger partial charge in [-0.25, -0.2) is 5.43 Å². The highest BCUT2D eigenvalue weighted by Crippen LogP contribution is 2.35. The van der Waals surface area contributed by atoms with Gasteiger partial charge >= 0.3 is 0 Å². The number of carbonyl (C=O) groups excluding carboxylic acids is 1. The number of nitrogens with one attached hydrogen (secondary N) is 1. The number of rotatable bonds is 4. The topological polar surface area (TPSA) is 67.5 Å². The number of carbonyl (C=O) groups is 1. The number of aromatic nitrogens is 1. The molecule has 6 heteroatoms. The molecule has 0 atom stereocenters. The molecular weight excluding hydrogens is 406 g/mol. The average molecular weight is 420 g/mol. The van der Waals surface area contributed by atoms with E-state index in [-0.39, 0.29) is 5.91 Å². The van der Waals surface area contributed by atoms with E-state index >= 15 is 0 Å². The summed E-state index contributed by atoms with van der Waals surface area (Å²) >= 11 is 3.51. The van der Waals surface area contributed by atoms with Gasteiger partial charge in [-0.1, -0.05) is 46.3 Å². The predicted molar refractivity (Wildman–Crippen MR) is 109 cm³/mol. The largest absolute Gasteiger partial charge is 0.454 e. The maximum atomic E-state index is 12.1. The van der Waals surface area contributed by atoms with E-state index in [1.165, 1.54) is 12.4 Å². The second-order valence-corrected chi connectivity index (χ2v) is 6.70. The first-order valence-electron chi connectivity index (χ1n) is 8.23. The van der Waals surface area contributed by atoms with Crippen LogP contribution in [0.2, 0.25) is 0 Å². The number of benzene rings is 2. The first-order chi connectivity index (χ1) is 13.2. The third-order valence-corrected chi connectivity index (χ3v) is 4.50. The zero-order valence-electron chi connectivity index (χ0n) is 14.1. The Balaban J connectivity index is 1.70. The minimum absolute atomic E-state index is 0.334. The van der Waals surface area contributed by atoms with Crippen molar-refractivity contribution >= 4 is 39.0 Å². The third kappa shape index (κ3) is 3.66. The van der Waals surface area contributed by atoms with E-state index in [1.807, 2.05) is 48.5 Å². The lowest BCUT2D eigenvalue weighted by Crippen LogP contribution is -2.17. The molecule has 27 heavy (non-hydrogen) atoms. The fourth-order valence-corrected chi connectivity index (χ4v) is 3.15. The van der Waals surface area contributed by atoms with Crippen molar-refractivity contribution in [2.24, 2.45) is 5.10 Å². The molecule has 2 heterocycles. The van der Waals surface area contributed by atoms with Crippen molar-refractivity contribution < 1.29 is 9.21 Å². The van der Waals surface area contributed by atoms with Crippen molar-refractivity contribution in [3.63, 3.8) is 0 Å². The van der Waals surface area contributed by atoms with Crippen LogP contribution in [-0.4, -0.2) is 17.1 Å². The van der Waals surface area contributed by atoms with Crippen molar-refractivity contribution in [2.45, 2.75) is 0 Å². The zero-order valence-corrected chi connectivity index (χ0v) is 15.7. The van der Waals surface area contributed by atoms with E-state index in [2.05, 4.69) is 31.4 Å². The minimum Gasteiger partial charge on any atom is -0.454 e. The van der Waals surface area contributed by atoms with Crippen LogP contribution in [0.25, 0.3) is 22.1 Å². The summed E-state index contributed by atoms with van der Waals surface area (Å²) < 4.78 is 6.92. The Morgan fingerprint density at radius 2 is 1.96 bits per heavy atom. The summed E-state index contributed by atoms with van der Waals surface area (Å²) in [5, 5.41) is 5.03. The normalized spacial score (nSPS) is 11.1. The van der Waals surface area contributed by atoms with Crippen LogP contribution in [0, 0.1) is 0 Å². The molecule has 0 aliphatic carbocycles. The molecule has 1 N–H and O–H groups in total. The van der Waals surface area contributed by atoms with E-state index < -0.39 is 0 Å². The molecule has 2 aromatic carbocycles. The number of amides is 1. The molecule has 0 radical (unpaired) electrons. The first-order valence-corrected chi connectivity index (χ1v) is 9.02. The van der Waals surface area contributed by atoms with Crippen LogP contribution in [0.4, 0.5) is 0 Å². The quantitative estimate of drug-likeness (QED) is 0.372. The van der Waals surface area contributed by atoms with Crippen molar-refractivity contribution in [1.29, 1.82) is 0 Å². The van der Waals surface area contributed by atoms with Gasteiger partial charge in [0.15, 0.2) is 5.76 Å². The zero-order chi connectivity index (χ0) is 18.6. The Hall–Kier alpha value is -3.25. The lowest BCUT2D eigenvalue weighted by atomic mass is 10.0. The highest BCUT2D eigenvalue weighted by atomic mass is 79.9. The standard InChI is InChI=1S/C21H14BrN3O2/c22-16-8-9-18-17(11-16)20(14-5-2-1-3-6-14)19(27-18)13-24-25-21(26)15-7-4-10-23-12-15/h1-13H,(H,25,26). The van der Waals surface area contributed by atoms with Gasteiger partial charge in [0, 0.05) is 27.8 Å². The number of hydrazone groups is 1. The van der Waals surface area contributed by atoms with Crippen LogP contribution in [-0.2, 0) is 0 Å². The maximum absolute atomic E-state index is 12.1. The third-order valence-electron chi connectivity index (χ3n) is 4.01. The molecule has 1 amide bonds. The summed E-state index contributed by atoms with van der Waals surface area (Å²) in [5.41, 5.74) is 5.62. The average Bonchev–Trinajstić information content (AvgIpc) is 3.06. The molecule has 0 unspecified atom stereocenters. The Morgan fingerprint density at radius 1 is 1.11 bits per heavy atom. The van der Waals surface area contributed by atoms with Gasteiger partial charge in [0.05, 0.1) is 11.8 Å². The van der Waals surface area contributed by atoms with Crippen molar-refractivity contribution in [3.8, 4) is 11.1 Å². The van der Waals surface area contributed by atoms with Gasteiger partial charge in [0.2, 0.25) is 0 Å². The van der Waals surface area contributed by atoms with Crippen LogP contribution in [0.1, 0.15) is 16.1 Å². The van der Waals surface area contributed by atoms with E-state index in [4.69, 9.17) is 4.42 Å². The Bertz CT molecular complexity index is 1120. The lowest BCUT2D eigenvalue weighted by Gasteiger charge is -2.01. The maximum Gasteiger partial charge on any atom is 0.272 e. The first kappa shape index (κ1) is 17.2. The molecule has 2 aromatic heterocycles. The number of furan rings is 1. The number of nitrogens with zero attached hydrogens (tertiary/aromatic N) is 2. The monoisotopic (exact) mass is 419 g/mol. The molecule has 0 fully saturated rings. The molecule has 0 bridgehead atoms. The van der Waals surface area contributed by atoms with E-state index in [9.17, 15) is 4.79 Å². The van der Waals surface area contributed by atoms with Crippen LogP contribution >= 0.6 is 15.9 Å². The van der Waals surface area contributed by atoms with Crippen LogP contribution in [0.15, 0.2) is 87.0 Å². The van der Waals surface area contributed by atoms with Gasteiger partial charge < -0.3 is 4.42 Å². The Kier molecular flexibility index (Phi) is 4.80. The summed E-state index contributed by atoms with van der Waals surface area (Å²) in [4.78, 5) is 16.0. The lowest BCUT2D eigenvalue weighted by molar-refractivity contribution is 0.0955. The molecule has 132 valence electrons. The number of hydrogen-bond donors (Lipinski definition) is 1. The molecule has 0 spiro atoms. The SMILES string of the molecule is O=C(NN=Cc1oc2ccc(Br)cc2c1-c1ccccc1)c1cccnc1. The molecule has 0 saturated heterocycles. The smallest absolute Gasteiger partial charge is 0.272 e. The highest BCUT2D eigenvalue weighted by Gasteiger charge is 2.15. The van der Waals surface area contributed by atoms with Crippen LogP contribution < -0.4 is 5.43 Å². The van der Waals surface area contributed by atoms with E-state index in [0.29, 0.717) is 11.3 Å². The van der Waals surface area contributed by atoms with Crippen molar-refractivity contribution in [3.05, 3.63) is 88.9 Å². The fraction of sp³-hybridized carbons (Fsp3) is 0. The molecule has 5 nitrogen and oxygen atoms in total. The number of hydrogen-bond acceptors (Lipinski definition) is 4. The fourth-order valence-electron chi connectivity index (χ4n) is 2.79. The Labute approximate surface area is 163 Å². The van der Waals surface area contributed by atoms with Gasteiger partial charge in [-0.2, -0.15) is 5.10 Å². The number of fused-ring (bicyclic) bond motifs is 1. The molecule has 4 aromatic rings. The molecule has 0 saturated carbocycles. The predicted octanol–water partition coefficient (Wildman–Crippen LogP) is 5.02. The number of halogens is 1. The van der Waals surface area contributed by atoms with Crippen molar-refractivity contribution in [2.75, 3.05) is 0 Å². The summed E-state index contributed by atoms with van der Waals surface area (Å²) in [6.45, 7) is 0. The second-order valence-electron chi connectivity index (χ2n) is 5.79. The van der Waals surface area contributed by atoms with Gasteiger partial charge in [-0.3, -0.25) is 9.78 Å². The summed E-state index contributed by atoms with van der Waals surface area (Å²) in [5.74, 6) is 0.236. The molecule has 4 rings (SSSR count). The second kappa shape index (κ2) is 7.55. The van der Waals surface area contributed by atoms with Crippen LogP contribution in [0.3, 0.4) is 0 Å². The minimum atomic E-state index is -0.334. The molecule has 0 aliphatic rings. The van der Waals surface area contributed by atoms with Crippen LogP contribution in [0.5, 0.6) is 0 Å². The van der Waals surface area contributed by atoms with Gasteiger partial charge in [-0.05, 0) is 35.9 Å². The van der Waals surface area contributed by atoms with Crippen molar-refractivity contribution in [1.82, 2.24) is 10.4 Å². The molecule has 0 aliphatic heterocycles. The van der Waals surface area contributed by atoms with Gasteiger partial charge in [-0.15, -0.1) is 0 Å².